The molecular weight excluding hydrogens is 397 g/mol. The van der Waals surface area contributed by atoms with Gasteiger partial charge in [0.2, 0.25) is 5.95 Å². The highest BCUT2D eigenvalue weighted by molar-refractivity contribution is 5.99. The molecule has 4 rings (SSSR count). The van der Waals surface area contributed by atoms with Gasteiger partial charge in [0.15, 0.2) is 5.67 Å². The predicted octanol–water partition coefficient (Wildman–Crippen LogP) is 3.54. The van der Waals surface area contributed by atoms with Gasteiger partial charge in [0, 0.05) is 43.1 Å². The van der Waals surface area contributed by atoms with E-state index in [2.05, 4.69) is 37.1 Å². The van der Waals surface area contributed by atoms with Gasteiger partial charge in [0.05, 0.1) is 12.6 Å². The van der Waals surface area contributed by atoms with E-state index in [1.807, 2.05) is 20.0 Å². The summed E-state index contributed by atoms with van der Waals surface area (Å²) in [6.07, 6.45) is 4.51. The van der Waals surface area contributed by atoms with Crippen molar-refractivity contribution in [3.63, 3.8) is 0 Å². The van der Waals surface area contributed by atoms with Gasteiger partial charge in [0.25, 0.3) is 0 Å². The van der Waals surface area contributed by atoms with Crippen molar-refractivity contribution in [3.8, 4) is 0 Å². The van der Waals surface area contributed by atoms with E-state index in [1.165, 1.54) is 6.92 Å². The molecule has 3 aromatic heterocycles. The summed E-state index contributed by atoms with van der Waals surface area (Å²) in [5, 5.41) is 18.0. The third kappa shape index (κ3) is 4.13. The van der Waals surface area contributed by atoms with Gasteiger partial charge in [-0.3, -0.25) is 0 Å². The first-order chi connectivity index (χ1) is 14.8. The second-order valence-corrected chi connectivity index (χ2v) is 8.04. The Balaban J connectivity index is 1.63. The number of halogens is 1. The van der Waals surface area contributed by atoms with Crippen molar-refractivity contribution in [1.82, 2.24) is 19.9 Å². The first-order valence-corrected chi connectivity index (χ1v) is 10.1. The first-order valence-electron chi connectivity index (χ1n) is 10.1. The third-order valence-corrected chi connectivity index (χ3v) is 5.52. The van der Waals surface area contributed by atoms with E-state index in [0.29, 0.717) is 30.5 Å². The minimum atomic E-state index is -1.71. The Hall–Kier alpha value is -3.33. The monoisotopic (exact) mass is 423 g/mol. The van der Waals surface area contributed by atoms with Crippen molar-refractivity contribution in [2.24, 2.45) is 0 Å². The maximum atomic E-state index is 14.6. The summed E-state index contributed by atoms with van der Waals surface area (Å²) in [5.41, 5.74) is 0.142. The van der Waals surface area contributed by atoms with Crippen LogP contribution in [0.4, 0.5) is 27.8 Å². The third-order valence-electron chi connectivity index (χ3n) is 5.52. The van der Waals surface area contributed by atoms with Crippen LogP contribution in [0.3, 0.4) is 0 Å². The Bertz CT molecular complexity index is 1130. The highest BCUT2D eigenvalue weighted by Crippen LogP contribution is 2.31. The standard InChI is InChI=1S/C22H26FN7O/c1-13(2)15-10-27-20(24-4)16-11-26-19(9-14(15)16)28-18-5-7-25-21(29-18)30-8-6-17(31)22(3,23)12-30/h5,7,9-11,17,31H,1,6,8,12H2,2-4H3,(H,24,27)(H,25,26,28,29)/t17-,22+/m1/s1. The van der Waals surface area contributed by atoms with Crippen molar-refractivity contribution in [2.45, 2.75) is 32.0 Å². The van der Waals surface area contributed by atoms with Crippen molar-refractivity contribution >= 4 is 39.7 Å². The molecule has 4 heterocycles. The molecule has 1 aliphatic rings. The molecule has 2 atom stereocenters. The Morgan fingerprint density at radius 1 is 1.26 bits per heavy atom. The molecule has 8 nitrogen and oxygen atoms in total. The number of hydrogen-bond acceptors (Lipinski definition) is 8. The van der Waals surface area contributed by atoms with Crippen LogP contribution in [0.2, 0.25) is 0 Å². The second kappa shape index (κ2) is 8.07. The molecule has 0 aromatic carbocycles. The first kappa shape index (κ1) is 20.9. The van der Waals surface area contributed by atoms with Gasteiger partial charge in [-0.1, -0.05) is 6.58 Å². The molecule has 3 aromatic rings. The van der Waals surface area contributed by atoms with Crippen LogP contribution in [-0.4, -0.2) is 57.0 Å². The number of aromatic nitrogens is 4. The van der Waals surface area contributed by atoms with E-state index in [0.717, 1.165) is 27.7 Å². The van der Waals surface area contributed by atoms with Crippen molar-refractivity contribution < 1.29 is 9.50 Å². The Kier molecular flexibility index (Phi) is 5.45. The maximum absolute atomic E-state index is 14.6. The van der Waals surface area contributed by atoms with Gasteiger partial charge < -0.3 is 20.6 Å². The molecule has 0 aliphatic carbocycles. The lowest BCUT2D eigenvalue weighted by Crippen LogP contribution is -2.52. The zero-order valence-electron chi connectivity index (χ0n) is 17.9. The fourth-order valence-corrected chi connectivity index (χ4v) is 3.75. The van der Waals surface area contributed by atoms with Gasteiger partial charge in [-0.05, 0) is 43.4 Å². The summed E-state index contributed by atoms with van der Waals surface area (Å²) < 4.78 is 14.6. The molecular formula is C22H26FN7O. The fraction of sp³-hybridized carbons (Fsp3) is 0.364. The molecule has 1 saturated heterocycles. The minimum absolute atomic E-state index is 0.0353. The molecule has 9 heteroatoms. The van der Waals surface area contributed by atoms with E-state index >= 15 is 0 Å². The second-order valence-electron chi connectivity index (χ2n) is 8.04. The van der Waals surface area contributed by atoms with Crippen LogP contribution in [0, 0.1) is 0 Å². The van der Waals surface area contributed by atoms with E-state index in [9.17, 15) is 9.50 Å². The number of hydrogen-bond donors (Lipinski definition) is 3. The Morgan fingerprint density at radius 3 is 2.77 bits per heavy atom. The maximum Gasteiger partial charge on any atom is 0.227 e. The van der Waals surface area contributed by atoms with Crippen molar-refractivity contribution in [2.75, 3.05) is 35.7 Å². The lowest BCUT2D eigenvalue weighted by atomic mass is 9.94. The van der Waals surface area contributed by atoms with E-state index < -0.39 is 11.8 Å². The van der Waals surface area contributed by atoms with Gasteiger partial charge in [0.1, 0.15) is 17.5 Å². The smallest absolute Gasteiger partial charge is 0.227 e. The summed E-state index contributed by atoms with van der Waals surface area (Å²) in [4.78, 5) is 19.5. The van der Waals surface area contributed by atoms with Crippen LogP contribution in [-0.2, 0) is 0 Å². The number of aliphatic hydroxyl groups is 1. The quantitative estimate of drug-likeness (QED) is 0.573. The Labute approximate surface area is 180 Å². The molecule has 0 saturated carbocycles. The molecule has 162 valence electrons. The van der Waals surface area contributed by atoms with E-state index in [4.69, 9.17) is 0 Å². The average Bonchev–Trinajstić information content (AvgIpc) is 2.74. The lowest BCUT2D eigenvalue weighted by molar-refractivity contribution is -0.00860. The predicted molar refractivity (Wildman–Crippen MR) is 121 cm³/mol. The van der Waals surface area contributed by atoms with Crippen molar-refractivity contribution in [3.05, 3.63) is 42.9 Å². The number of pyridine rings is 2. The molecule has 1 fully saturated rings. The highest BCUT2D eigenvalue weighted by Gasteiger charge is 2.39. The molecule has 0 bridgehead atoms. The van der Waals surface area contributed by atoms with Crippen molar-refractivity contribution in [1.29, 1.82) is 0 Å². The number of alkyl halides is 1. The van der Waals surface area contributed by atoms with E-state index in [1.54, 1.807) is 29.6 Å². The molecule has 0 unspecified atom stereocenters. The minimum Gasteiger partial charge on any atom is -0.390 e. The normalized spacial score (nSPS) is 21.2. The average molecular weight is 423 g/mol. The Morgan fingerprint density at radius 2 is 2.06 bits per heavy atom. The number of anilines is 4. The molecule has 0 radical (unpaired) electrons. The zero-order chi connectivity index (χ0) is 22.2. The number of nitrogens with zero attached hydrogens (tertiary/aromatic N) is 5. The summed E-state index contributed by atoms with van der Waals surface area (Å²) in [6.45, 7) is 7.91. The summed E-state index contributed by atoms with van der Waals surface area (Å²) in [5.74, 6) is 2.30. The van der Waals surface area contributed by atoms with Crippen LogP contribution in [0.5, 0.6) is 0 Å². The fourth-order valence-electron chi connectivity index (χ4n) is 3.75. The molecule has 0 spiro atoms. The lowest BCUT2D eigenvalue weighted by Gasteiger charge is -2.38. The number of piperidine rings is 1. The van der Waals surface area contributed by atoms with Gasteiger partial charge in [-0.2, -0.15) is 4.98 Å². The van der Waals surface area contributed by atoms with Gasteiger partial charge in [-0.25, -0.2) is 19.3 Å². The largest absolute Gasteiger partial charge is 0.390 e. The van der Waals surface area contributed by atoms with Gasteiger partial charge in [-0.15, -0.1) is 0 Å². The van der Waals surface area contributed by atoms with E-state index in [-0.39, 0.29) is 6.54 Å². The molecule has 1 aliphatic heterocycles. The molecule has 0 amide bonds. The molecule has 31 heavy (non-hydrogen) atoms. The highest BCUT2D eigenvalue weighted by atomic mass is 19.1. The van der Waals surface area contributed by atoms with Crippen LogP contribution in [0.25, 0.3) is 16.3 Å². The SMILES string of the molecule is C=C(C)c1cnc(NC)c2cnc(Nc3ccnc(N4CC[C@@H](O)[C@@](C)(F)C4)n3)cc12. The molecule has 3 N–H and O–H groups in total. The topological polar surface area (TPSA) is 99.1 Å². The summed E-state index contributed by atoms with van der Waals surface area (Å²) in [7, 11) is 1.82. The zero-order valence-corrected chi connectivity index (χ0v) is 17.9. The number of nitrogens with one attached hydrogen (secondary N) is 2. The number of aliphatic hydroxyl groups excluding tert-OH is 1. The van der Waals surface area contributed by atoms with Gasteiger partial charge >= 0.3 is 0 Å². The van der Waals surface area contributed by atoms with Crippen LogP contribution in [0.1, 0.15) is 25.8 Å². The summed E-state index contributed by atoms with van der Waals surface area (Å²) in [6, 6.07) is 3.66. The number of rotatable bonds is 5. The summed E-state index contributed by atoms with van der Waals surface area (Å²) >= 11 is 0. The number of fused-ring (bicyclic) bond motifs is 1. The van der Waals surface area contributed by atoms with Crippen LogP contribution < -0.4 is 15.5 Å². The van der Waals surface area contributed by atoms with Crippen LogP contribution in [0.15, 0.2) is 37.3 Å². The number of allylic oxidation sites excluding steroid dienone is 1. The van der Waals surface area contributed by atoms with Crippen LogP contribution >= 0.6 is 0 Å².